The fraction of sp³-hybridized carbons (Fsp3) is 0.529. The summed E-state index contributed by atoms with van der Waals surface area (Å²) in [4.78, 5) is 43.9. The van der Waals surface area contributed by atoms with Gasteiger partial charge in [0.2, 0.25) is 17.7 Å². The molecule has 1 saturated heterocycles. The zero-order chi connectivity index (χ0) is 33.0. The van der Waals surface area contributed by atoms with Crippen molar-refractivity contribution in [2.24, 2.45) is 29.0 Å². The molecule has 0 aromatic heterocycles. The van der Waals surface area contributed by atoms with Crippen molar-refractivity contribution in [3.8, 4) is 0 Å². The molecule has 9 heteroatoms. The summed E-state index contributed by atoms with van der Waals surface area (Å²) in [6.45, 7) is 14.1. The fourth-order valence-corrected chi connectivity index (χ4v) is 3.58. The molecule has 3 atom stereocenters. The largest absolute Gasteiger partial charge is 0.370 e. The molecule has 240 valence electrons. The number of nitrogens with one attached hydrogen (secondary N) is 1. The molecule has 0 spiro atoms. The Hall–Kier alpha value is -3.56. The Labute approximate surface area is 258 Å². The van der Waals surface area contributed by atoms with Crippen molar-refractivity contribution in [1.82, 2.24) is 5.32 Å². The molecule has 2 aromatic rings. The van der Waals surface area contributed by atoms with E-state index in [4.69, 9.17) is 16.2 Å². The second kappa shape index (κ2) is 21.2. The molecule has 1 heterocycles. The first-order valence-electron chi connectivity index (χ1n) is 14.9. The summed E-state index contributed by atoms with van der Waals surface area (Å²) in [6.07, 6.45) is 3.43. The summed E-state index contributed by atoms with van der Waals surface area (Å²) >= 11 is 0. The van der Waals surface area contributed by atoms with E-state index in [0.29, 0.717) is 31.8 Å². The van der Waals surface area contributed by atoms with Crippen LogP contribution in [0.15, 0.2) is 60.7 Å². The first kappa shape index (κ1) is 39.4. The first-order chi connectivity index (χ1) is 20.1. The second-order valence-corrected chi connectivity index (χ2v) is 11.9. The maximum Gasteiger partial charge on any atom is 0.240 e. The van der Waals surface area contributed by atoms with Gasteiger partial charge in [-0.15, -0.1) is 0 Å². The van der Waals surface area contributed by atoms with Gasteiger partial charge in [-0.1, -0.05) is 93.9 Å². The Morgan fingerprint density at radius 1 is 0.884 bits per heavy atom. The molecular formula is C34H54N4O5. The molecule has 43 heavy (non-hydrogen) atoms. The number of nitrogens with two attached hydrogens (primary N) is 3. The third-order valence-corrected chi connectivity index (χ3v) is 6.35. The number of rotatable bonds is 12. The Morgan fingerprint density at radius 2 is 1.37 bits per heavy atom. The maximum absolute atomic E-state index is 12.0. The van der Waals surface area contributed by atoms with Gasteiger partial charge < -0.3 is 27.3 Å². The van der Waals surface area contributed by atoms with Gasteiger partial charge in [0, 0.05) is 13.3 Å². The van der Waals surface area contributed by atoms with Crippen molar-refractivity contribution in [3.05, 3.63) is 71.8 Å². The molecule has 0 saturated carbocycles. The van der Waals surface area contributed by atoms with Gasteiger partial charge in [-0.25, -0.2) is 0 Å². The van der Waals surface area contributed by atoms with Gasteiger partial charge in [0.05, 0.1) is 12.6 Å². The number of Topliss-reactive ketones (excluding diaryl/α,β-unsaturated/α-hetero) is 1. The van der Waals surface area contributed by atoms with Crippen molar-refractivity contribution < 1.29 is 23.9 Å². The van der Waals surface area contributed by atoms with E-state index >= 15 is 0 Å². The number of amides is 3. The Kier molecular flexibility index (Phi) is 19.4. The summed E-state index contributed by atoms with van der Waals surface area (Å²) in [7, 11) is 0. The van der Waals surface area contributed by atoms with Crippen LogP contribution >= 0.6 is 0 Å². The molecule has 3 amide bonds. The molecule has 0 aliphatic carbocycles. The number of ketones is 1. The van der Waals surface area contributed by atoms with Crippen LogP contribution in [-0.4, -0.2) is 47.8 Å². The van der Waals surface area contributed by atoms with E-state index in [1.807, 2.05) is 69.3 Å². The van der Waals surface area contributed by atoms with Gasteiger partial charge in [-0.2, -0.15) is 0 Å². The van der Waals surface area contributed by atoms with E-state index < -0.39 is 23.6 Å². The van der Waals surface area contributed by atoms with Crippen LogP contribution in [0.25, 0.3) is 0 Å². The molecule has 7 N–H and O–H groups in total. The number of epoxide rings is 1. The van der Waals surface area contributed by atoms with Crippen LogP contribution in [0, 0.1) is 18.8 Å². The molecule has 2 aromatic carbocycles. The lowest BCUT2D eigenvalue weighted by atomic mass is 9.99. The van der Waals surface area contributed by atoms with E-state index in [1.54, 1.807) is 0 Å². The van der Waals surface area contributed by atoms with Crippen LogP contribution in [-0.2, 0) is 30.3 Å². The molecule has 1 fully saturated rings. The van der Waals surface area contributed by atoms with Crippen LogP contribution < -0.4 is 22.5 Å². The molecule has 2 unspecified atom stereocenters. The number of benzene rings is 2. The Balaban J connectivity index is 0.000000659. The number of ether oxygens (including phenoxy) is 1. The zero-order valence-corrected chi connectivity index (χ0v) is 27.1. The van der Waals surface area contributed by atoms with Gasteiger partial charge in [-0.3, -0.25) is 19.2 Å². The number of hydrogen-bond acceptors (Lipinski definition) is 6. The van der Waals surface area contributed by atoms with Crippen molar-refractivity contribution in [3.63, 3.8) is 0 Å². The summed E-state index contributed by atoms with van der Waals surface area (Å²) < 4.78 is 5.04. The number of aryl methyl sites for hydroxylation is 2. The highest BCUT2D eigenvalue weighted by atomic mass is 16.6. The van der Waals surface area contributed by atoms with Crippen LogP contribution in [0.1, 0.15) is 78.4 Å². The Morgan fingerprint density at radius 3 is 1.74 bits per heavy atom. The van der Waals surface area contributed by atoms with E-state index in [-0.39, 0.29) is 23.5 Å². The minimum absolute atomic E-state index is 0.267. The molecule has 1 aliphatic heterocycles. The number of primary amides is 2. The van der Waals surface area contributed by atoms with Crippen molar-refractivity contribution >= 4 is 23.5 Å². The summed E-state index contributed by atoms with van der Waals surface area (Å²) in [5, 5.41) is 2.65. The predicted molar refractivity (Wildman–Crippen MR) is 173 cm³/mol. The van der Waals surface area contributed by atoms with Gasteiger partial charge in [0.15, 0.2) is 5.78 Å². The van der Waals surface area contributed by atoms with Crippen molar-refractivity contribution in [2.45, 2.75) is 98.3 Å². The quantitative estimate of drug-likeness (QED) is 0.266. The first-order valence-corrected chi connectivity index (χ1v) is 14.9. The van der Waals surface area contributed by atoms with E-state index in [2.05, 4.69) is 44.0 Å². The van der Waals surface area contributed by atoms with Crippen molar-refractivity contribution in [1.29, 1.82) is 0 Å². The highest BCUT2D eigenvalue weighted by Gasteiger charge is 2.46. The number of carbonyl (C=O) groups excluding carboxylic acids is 4. The van der Waals surface area contributed by atoms with Gasteiger partial charge in [0.1, 0.15) is 11.6 Å². The third-order valence-electron chi connectivity index (χ3n) is 6.35. The number of hydrogen-bond donors (Lipinski definition) is 4. The lowest BCUT2D eigenvalue weighted by Gasteiger charge is -2.20. The monoisotopic (exact) mass is 598 g/mol. The van der Waals surface area contributed by atoms with Crippen LogP contribution in [0.4, 0.5) is 0 Å². The topological polar surface area (TPSA) is 171 Å². The van der Waals surface area contributed by atoms with Gasteiger partial charge in [-0.05, 0) is 56.9 Å². The summed E-state index contributed by atoms with van der Waals surface area (Å²) in [5.74, 6) is -0.0291. The van der Waals surface area contributed by atoms with Gasteiger partial charge >= 0.3 is 0 Å². The highest BCUT2D eigenvalue weighted by Crippen LogP contribution is 2.29. The smallest absolute Gasteiger partial charge is 0.240 e. The maximum atomic E-state index is 12.0. The molecule has 0 radical (unpaired) electrons. The third kappa shape index (κ3) is 20.9. The average molecular weight is 599 g/mol. The van der Waals surface area contributed by atoms with Crippen LogP contribution in [0.2, 0.25) is 0 Å². The average Bonchev–Trinajstić information content (AvgIpc) is 3.69. The Bertz CT molecular complexity index is 1080. The number of carbonyl (C=O) groups is 4. The highest BCUT2D eigenvalue weighted by molar-refractivity contribution is 5.89. The summed E-state index contributed by atoms with van der Waals surface area (Å²) in [6, 6.07) is 18.8. The standard InChI is InChI=1S/C16H25N3O2.C9H16O2.C7H8.C2H5NO/c1-11(2)10-14(15(18)20)19-16(21)13(17)9-8-12-6-4-3-5-7-12;1-7(2)4-5-8(10)9(3)6-11-9;1-7-5-3-2-4-6-7;1-2(3)4/h3-7,11,13-14H,8-10,17H2,1-2H3,(H2,18,20)(H,19,21);7H,4-6H2,1-3H3;2-6H,1H3;1H3,(H2,3,4)/t13-,14?;;;/m0.../s1. The molecule has 3 rings (SSSR count). The van der Waals surface area contributed by atoms with E-state index in [0.717, 1.165) is 18.4 Å². The lowest BCUT2D eigenvalue weighted by Crippen LogP contribution is -2.50. The lowest BCUT2D eigenvalue weighted by molar-refractivity contribution is -0.128. The predicted octanol–water partition coefficient (Wildman–Crippen LogP) is 4.23. The molecule has 9 nitrogen and oxygen atoms in total. The van der Waals surface area contributed by atoms with Crippen LogP contribution in [0.5, 0.6) is 0 Å². The normalized spacial score (nSPS) is 16.1. The van der Waals surface area contributed by atoms with E-state index in [9.17, 15) is 19.2 Å². The SMILES string of the molecule is CC(C)CC(NC(=O)[C@@H](N)CCc1ccccc1)C(N)=O.CC(C)CCC(=O)C1(C)CO1.CC(N)=O.Cc1ccccc1. The van der Waals surface area contributed by atoms with Crippen molar-refractivity contribution in [2.75, 3.05) is 6.61 Å². The molecular weight excluding hydrogens is 544 g/mol. The molecule has 1 aliphatic rings. The second-order valence-electron chi connectivity index (χ2n) is 11.9. The minimum atomic E-state index is -0.653. The van der Waals surface area contributed by atoms with Crippen LogP contribution in [0.3, 0.4) is 0 Å². The molecule has 0 bridgehead atoms. The fourth-order valence-electron chi connectivity index (χ4n) is 3.58. The minimum Gasteiger partial charge on any atom is -0.370 e. The summed E-state index contributed by atoms with van der Waals surface area (Å²) in [5.41, 5.74) is 17.7. The van der Waals surface area contributed by atoms with E-state index in [1.165, 1.54) is 12.5 Å². The van der Waals surface area contributed by atoms with Gasteiger partial charge in [0.25, 0.3) is 0 Å². The zero-order valence-electron chi connectivity index (χ0n) is 27.1.